The minimum absolute atomic E-state index is 0.174. The van der Waals surface area contributed by atoms with Crippen molar-refractivity contribution in [2.75, 3.05) is 13.7 Å². The van der Waals surface area contributed by atoms with Gasteiger partial charge >= 0.3 is 0 Å². The molecule has 1 unspecified atom stereocenters. The maximum Gasteiger partial charge on any atom is 0.129 e. The molecule has 0 aliphatic carbocycles. The third-order valence-electron chi connectivity index (χ3n) is 2.90. The maximum absolute atomic E-state index is 6.09. The quantitative estimate of drug-likeness (QED) is 0.847. The van der Waals surface area contributed by atoms with E-state index in [9.17, 15) is 0 Å². The van der Waals surface area contributed by atoms with Crippen LogP contribution in [0.5, 0.6) is 5.75 Å². The van der Waals surface area contributed by atoms with Gasteiger partial charge in [0.15, 0.2) is 0 Å². The molecule has 0 bridgehead atoms. The minimum atomic E-state index is 0.174. The van der Waals surface area contributed by atoms with Crippen LogP contribution >= 0.6 is 22.9 Å². The first-order chi connectivity index (χ1) is 9.24. The fraction of sp³-hybridized carbons (Fsp3) is 0.333. The molecular formula is C15H18ClNOS. The van der Waals surface area contributed by atoms with Crippen LogP contribution in [0.15, 0.2) is 35.7 Å². The van der Waals surface area contributed by atoms with Crippen molar-refractivity contribution in [3.05, 3.63) is 51.2 Å². The topological polar surface area (TPSA) is 21.3 Å². The molecule has 0 saturated heterocycles. The van der Waals surface area contributed by atoms with Gasteiger partial charge < -0.3 is 10.1 Å². The summed E-state index contributed by atoms with van der Waals surface area (Å²) < 4.78 is 5.27. The average Bonchev–Trinajstić information content (AvgIpc) is 2.88. The van der Waals surface area contributed by atoms with Crippen LogP contribution < -0.4 is 10.1 Å². The summed E-state index contributed by atoms with van der Waals surface area (Å²) in [6.45, 7) is 3.13. The summed E-state index contributed by atoms with van der Waals surface area (Å²) in [5, 5.41) is 6.36. The van der Waals surface area contributed by atoms with Crippen molar-refractivity contribution in [2.24, 2.45) is 0 Å². The summed E-state index contributed by atoms with van der Waals surface area (Å²) >= 11 is 7.80. The highest BCUT2D eigenvalue weighted by Crippen LogP contribution is 2.31. The first-order valence-corrected chi connectivity index (χ1v) is 7.61. The third kappa shape index (κ3) is 3.72. The number of thiophene rings is 1. The van der Waals surface area contributed by atoms with Gasteiger partial charge in [0.05, 0.1) is 13.2 Å². The smallest absolute Gasteiger partial charge is 0.129 e. The second-order valence-electron chi connectivity index (χ2n) is 4.33. The highest BCUT2D eigenvalue weighted by molar-refractivity contribution is 7.10. The van der Waals surface area contributed by atoms with Gasteiger partial charge in [0.2, 0.25) is 0 Å². The lowest BCUT2D eigenvalue weighted by Gasteiger charge is -2.17. The van der Waals surface area contributed by atoms with Gasteiger partial charge in [-0.25, -0.2) is 0 Å². The van der Waals surface area contributed by atoms with Crippen LogP contribution in [0.1, 0.15) is 29.8 Å². The molecule has 0 saturated carbocycles. The van der Waals surface area contributed by atoms with Gasteiger partial charge in [0, 0.05) is 15.3 Å². The average molecular weight is 296 g/mol. The largest absolute Gasteiger partial charge is 0.496 e. The molecule has 2 aromatic rings. The lowest BCUT2D eigenvalue weighted by atomic mass is 10.1. The molecule has 0 aliphatic heterocycles. The number of nitrogens with one attached hydrogen (secondary N) is 1. The Morgan fingerprint density at radius 2 is 2.21 bits per heavy atom. The highest BCUT2D eigenvalue weighted by atomic mass is 35.5. The summed E-state index contributed by atoms with van der Waals surface area (Å²) in [7, 11) is 1.69. The van der Waals surface area contributed by atoms with Crippen LogP contribution in [-0.4, -0.2) is 13.7 Å². The lowest BCUT2D eigenvalue weighted by Crippen LogP contribution is -2.22. The molecule has 2 nitrogen and oxygen atoms in total. The second kappa shape index (κ2) is 6.94. The Labute approximate surface area is 123 Å². The summed E-state index contributed by atoms with van der Waals surface area (Å²) in [6, 6.07) is 10.3. The minimum Gasteiger partial charge on any atom is -0.496 e. The molecule has 1 heterocycles. The van der Waals surface area contributed by atoms with Gasteiger partial charge in [-0.1, -0.05) is 30.7 Å². The van der Waals surface area contributed by atoms with Crippen LogP contribution in [0.25, 0.3) is 0 Å². The van der Waals surface area contributed by atoms with Crippen LogP contribution in [0.4, 0.5) is 0 Å². The molecule has 102 valence electrons. The molecule has 2 rings (SSSR count). The van der Waals surface area contributed by atoms with E-state index in [1.54, 1.807) is 18.4 Å². The Bertz CT molecular complexity index is 526. The molecule has 4 heteroatoms. The molecule has 0 spiro atoms. The Hall–Kier alpha value is -1.03. The predicted octanol–water partition coefficient (Wildman–Crippen LogP) is 4.50. The first-order valence-electron chi connectivity index (χ1n) is 6.36. The Kier molecular flexibility index (Phi) is 5.25. The lowest BCUT2D eigenvalue weighted by molar-refractivity contribution is 0.416. The van der Waals surface area contributed by atoms with Crippen molar-refractivity contribution in [1.29, 1.82) is 0 Å². The number of methoxy groups -OCH3 is 1. The fourth-order valence-corrected chi connectivity index (χ4v) is 3.11. The number of benzene rings is 1. The first kappa shape index (κ1) is 14.4. The van der Waals surface area contributed by atoms with E-state index in [4.69, 9.17) is 16.3 Å². The standard InChI is InChI=1S/C15H18ClNOS/c1-3-7-17-15(11-5-4-6-12(16)8-11)14-9-13(18-2)10-19-14/h4-6,8-10,15,17H,3,7H2,1-2H3. The molecule has 0 aliphatic rings. The van der Waals surface area contributed by atoms with E-state index in [0.717, 1.165) is 23.7 Å². The zero-order valence-corrected chi connectivity index (χ0v) is 12.7. The van der Waals surface area contributed by atoms with Gasteiger partial charge in [-0.15, -0.1) is 11.3 Å². The molecule has 1 N–H and O–H groups in total. The Balaban J connectivity index is 2.29. The van der Waals surface area contributed by atoms with Crippen LogP contribution in [0, 0.1) is 0 Å². The molecule has 1 atom stereocenters. The molecular weight excluding hydrogens is 278 g/mol. The number of hydrogen-bond donors (Lipinski definition) is 1. The van der Waals surface area contributed by atoms with Gasteiger partial charge in [0.25, 0.3) is 0 Å². The molecule has 19 heavy (non-hydrogen) atoms. The van der Waals surface area contributed by atoms with Crippen molar-refractivity contribution in [2.45, 2.75) is 19.4 Å². The molecule has 0 amide bonds. The van der Waals surface area contributed by atoms with E-state index in [1.165, 1.54) is 10.4 Å². The van der Waals surface area contributed by atoms with Crippen LogP contribution in [-0.2, 0) is 0 Å². The molecule has 1 aromatic carbocycles. The summed E-state index contributed by atoms with van der Waals surface area (Å²) in [5.74, 6) is 0.908. The van der Waals surface area contributed by atoms with Crippen molar-refractivity contribution < 1.29 is 4.74 Å². The van der Waals surface area contributed by atoms with Crippen molar-refractivity contribution in [1.82, 2.24) is 5.32 Å². The normalized spacial score (nSPS) is 12.4. The van der Waals surface area contributed by atoms with E-state index in [2.05, 4.69) is 24.4 Å². The van der Waals surface area contributed by atoms with E-state index >= 15 is 0 Å². The third-order valence-corrected chi connectivity index (χ3v) is 4.11. The predicted molar refractivity (Wildman–Crippen MR) is 82.5 cm³/mol. The summed E-state index contributed by atoms with van der Waals surface area (Å²) in [4.78, 5) is 1.24. The Morgan fingerprint density at radius 1 is 1.37 bits per heavy atom. The van der Waals surface area contributed by atoms with Crippen molar-refractivity contribution in [3.63, 3.8) is 0 Å². The number of rotatable bonds is 6. The van der Waals surface area contributed by atoms with Crippen molar-refractivity contribution in [3.8, 4) is 5.75 Å². The van der Waals surface area contributed by atoms with Crippen LogP contribution in [0.2, 0.25) is 5.02 Å². The zero-order chi connectivity index (χ0) is 13.7. The molecule has 0 fully saturated rings. The summed E-state index contributed by atoms with van der Waals surface area (Å²) in [6.07, 6.45) is 1.10. The maximum atomic E-state index is 6.09. The van der Waals surface area contributed by atoms with Gasteiger partial charge in [-0.3, -0.25) is 0 Å². The van der Waals surface area contributed by atoms with Crippen LogP contribution in [0.3, 0.4) is 0 Å². The summed E-state index contributed by atoms with van der Waals surface area (Å²) in [5.41, 5.74) is 1.19. The SMILES string of the molecule is CCCNC(c1cccc(Cl)c1)c1cc(OC)cs1. The second-order valence-corrected chi connectivity index (χ2v) is 5.71. The van der Waals surface area contributed by atoms with E-state index in [-0.39, 0.29) is 6.04 Å². The van der Waals surface area contributed by atoms with Gasteiger partial charge in [-0.05, 0) is 36.7 Å². The van der Waals surface area contributed by atoms with Gasteiger partial charge in [-0.2, -0.15) is 0 Å². The highest BCUT2D eigenvalue weighted by Gasteiger charge is 2.16. The Morgan fingerprint density at radius 3 is 2.84 bits per heavy atom. The van der Waals surface area contributed by atoms with Gasteiger partial charge in [0.1, 0.15) is 5.75 Å². The van der Waals surface area contributed by atoms with E-state index < -0.39 is 0 Å². The van der Waals surface area contributed by atoms with Crippen molar-refractivity contribution >= 4 is 22.9 Å². The number of hydrogen-bond acceptors (Lipinski definition) is 3. The van der Waals surface area contributed by atoms with E-state index in [0.29, 0.717) is 0 Å². The fourth-order valence-electron chi connectivity index (χ4n) is 1.95. The zero-order valence-electron chi connectivity index (χ0n) is 11.2. The molecule has 1 aromatic heterocycles. The molecule has 0 radical (unpaired) electrons. The van der Waals surface area contributed by atoms with E-state index in [1.807, 2.05) is 23.6 Å². The monoisotopic (exact) mass is 295 g/mol. The number of halogens is 1. The number of ether oxygens (including phenoxy) is 1.